The molecule has 134 valence electrons. The summed E-state index contributed by atoms with van der Waals surface area (Å²) in [4.78, 5) is 12.1. The number of anilines is 1. The summed E-state index contributed by atoms with van der Waals surface area (Å²) in [6, 6.07) is 16.1. The van der Waals surface area contributed by atoms with Gasteiger partial charge in [-0.2, -0.15) is 0 Å². The second-order valence-corrected chi connectivity index (χ2v) is 7.99. The molecule has 0 radical (unpaired) electrons. The number of nitrogens with one attached hydrogen (secondary N) is 1. The number of carbonyl (C=O) groups is 1. The molecule has 0 saturated heterocycles. The van der Waals surface area contributed by atoms with Gasteiger partial charge in [-0.1, -0.05) is 37.3 Å². The van der Waals surface area contributed by atoms with E-state index in [1.807, 2.05) is 19.9 Å². The largest absolute Gasteiger partial charge is 0.350 e. The smallest absolute Gasteiger partial charge is 0.251 e. The average Bonchev–Trinajstić information content (AvgIpc) is 2.59. The van der Waals surface area contributed by atoms with Gasteiger partial charge in [-0.3, -0.25) is 9.10 Å². The third kappa shape index (κ3) is 5.32. The Bertz CT molecular complexity index is 802. The van der Waals surface area contributed by atoms with Gasteiger partial charge < -0.3 is 5.32 Å². The Kier molecular flexibility index (Phi) is 6.20. The Morgan fingerprint density at radius 3 is 2.20 bits per heavy atom. The van der Waals surface area contributed by atoms with Crippen LogP contribution in [0, 0.1) is 0 Å². The summed E-state index contributed by atoms with van der Waals surface area (Å²) in [5, 5.41) is 2.91. The van der Waals surface area contributed by atoms with Crippen molar-refractivity contribution in [1.29, 1.82) is 0 Å². The molecular formula is C19H24N2O3S. The zero-order chi connectivity index (χ0) is 18.4. The first kappa shape index (κ1) is 19.0. The van der Waals surface area contributed by atoms with E-state index in [2.05, 4.69) is 5.32 Å². The van der Waals surface area contributed by atoms with Crippen molar-refractivity contribution in [2.75, 3.05) is 10.6 Å². The van der Waals surface area contributed by atoms with Gasteiger partial charge in [0.25, 0.3) is 5.91 Å². The van der Waals surface area contributed by atoms with Crippen LogP contribution in [0.25, 0.3) is 0 Å². The van der Waals surface area contributed by atoms with Crippen molar-refractivity contribution >= 4 is 21.6 Å². The summed E-state index contributed by atoms with van der Waals surface area (Å²) in [6.07, 6.45) is 2.05. The maximum Gasteiger partial charge on any atom is 0.251 e. The third-order valence-corrected chi connectivity index (χ3v) is 5.12. The van der Waals surface area contributed by atoms with E-state index in [1.54, 1.807) is 48.5 Å². The van der Waals surface area contributed by atoms with E-state index in [0.717, 1.165) is 12.0 Å². The van der Waals surface area contributed by atoms with Crippen LogP contribution in [0.2, 0.25) is 0 Å². The molecule has 1 atom stereocenters. The molecule has 25 heavy (non-hydrogen) atoms. The molecular weight excluding hydrogens is 336 g/mol. The van der Waals surface area contributed by atoms with Crippen molar-refractivity contribution in [3.05, 3.63) is 65.7 Å². The molecule has 0 bridgehead atoms. The quantitative estimate of drug-likeness (QED) is 0.825. The van der Waals surface area contributed by atoms with E-state index in [0.29, 0.717) is 11.3 Å². The minimum atomic E-state index is -3.41. The standard InChI is InChI=1S/C19H24N2O3S/c1-4-15(2)20-19(22)17-12-10-16(11-13-17)14-21(25(3,23)24)18-8-6-5-7-9-18/h5-13,15H,4,14H2,1-3H3,(H,20,22)/t15-/m0/s1. The van der Waals surface area contributed by atoms with Gasteiger partial charge in [0.1, 0.15) is 0 Å². The topological polar surface area (TPSA) is 66.5 Å². The molecule has 1 amide bonds. The SMILES string of the molecule is CC[C@H](C)NC(=O)c1ccc(CN(c2ccccc2)S(C)(=O)=O)cc1. The van der Waals surface area contributed by atoms with Gasteiger partial charge in [-0.25, -0.2) is 8.42 Å². The molecule has 0 aromatic heterocycles. The van der Waals surface area contributed by atoms with Crippen LogP contribution in [-0.2, 0) is 16.6 Å². The monoisotopic (exact) mass is 360 g/mol. The predicted molar refractivity (Wildman–Crippen MR) is 101 cm³/mol. The van der Waals surface area contributed by atoms with E-state index in [-0.39, 0.29) is 18.5 Å². The van der Waals surface area contributed by atoms with Gasteiger partial charge in [0.2, 0.25) is 10.0 Å². The number of rotatable bonds is 7. The van der Waals surface area contributed by atoms with E-state index in [1.165, 1.54) is 10.6 Å². The number of carbonyl (C=O) groups excluding carboxylic acids is 1. The normalized spacial score (nSPS) is 12.4. The van der Waals surface area contributed by atoms with Crippen LogP contribution in [0.5, 0.6) is 0 Å². The van der Waals surface area contributed by atoms with Gasteiger partial charge in [0.05, 0.1) is 18.5 Å². The third-order valence-electron chi connectivity index (χ3n) is 3.98. The first-order valence-electron chi connectivity index (χ1n) is 8.24. The summed E-state index contributed by atoms with van der Waals surface area (Å²) < 4.78 is 25.6. The zero-order valence-electron chi connectivity index (χ0n) is 14.8. The molecule has 0 spiro atoms. The van der Waals surface area contributed by atoms with Crippen LogP contribution in [0.1, 0.15) is 36.2 Å². The van der Waals surface area contributed by atoms with E-state index >= 15 is 0 Å². The molecule has 2 rings (SSSR count). The lowest BCUT2D eigenvalue weighted by Gasteiger charge is -2.22. The van der Waals surface area contributed by atoms with Gasteiger partial charge in [0, 0.05) is 11.6 Å². The number of hydrogen-bond acceptors (Lipinski definition) is 3. The maximum absolute atomic E-state index is 12.1. The van der Waals surface area contributed by atoms with Gasteiger partial charge in [0.15, 0.2) is 0 Å². The molecule has 5 nitrogen and oxygen atoms in total. The second-order valence-electron chi connectivity index (χ2n) is 6.08. The van der Waals surface area contributed by atoms with E-state index in [9.17, 15) is 13.2 Å². The average molecular weight is 360 g/mol. The molecule has 0 unspecified atom stereocenters. The number of benzene rings is 2. The first-order chi connectivity index (χ1) is 11.8. The fourth-order valence-electron chi connectivity index (χ4n) is 2.33. The highest BCUT2D eigenvalue weighted by atomic mass is 32.2. The first-order valence-corrected chi connectivity index (χ1v) is 10.1. The Morgan fingerprint density at radius 2 is 1.68 bits per heavy atom. The van der Waals surface area contributed by atoms with E-state index in [4.69, 9.17) is 0 Å². The van der Waals surface area contributed by atoms with Gasteiger partial charge in [-0.15, -0.1) is 0 Å². The molecule has 6 heteroatoms. The molecule has 2 aromatic carbocycles. The van der Waals surface area contributed by atoms with Crippen LogP contribution in [0.4, 0.5) is 5.69 Å². The van der Waals surface area contributed by atoms with Crippen LogP contribution >= 0.6 is 0 Å². The van der Waals surface area contributed by atoms with Crippen molar-refractivity contribution in [1.82, 2.24) is 5.32 Å². The Balaban J connectivity index is 2.17. The molecule has 2 aromatic rings. The predicted octanol–water partition coefficient (Wildman–Crippen LogP) is 3.18. The maximum atomic E-state index is 12.1. The van der Waals surface area contributed by atoms with Crippen LogP contribution in [-0.4, -0.2) is 26.6 Å². The summed E-state index contributed by atoms with van der Waals surface area (Å²) in [7, 11) is -3.41. The molecule has 0 aliphatic heterocycles. The number of sulfonamides is 1. The number of hydrogen-bond donors (Lipinski definition) is 1. The summed E-state index contributed by atoms with van der Waals surface area (Å²) >= 11 is 0. The Labute approximate surface area is 149 Å². The van der Waals surface area contributed by atoms with Crippen molar-refractivity contribution in [2.45, 2.75) is 32.9 Å². The Morgan fingerprint density at radius 1 is 1.08 bits per heavy atom. The van der Waals surface area contributed by atoms with Crippen LogP contribution in [0.3, 0.4) is 0 Å². The van der Waals surface area contributed by atoms with Gasteiger partial charge in [-0.05, 0) is 43.2 Å². The fourth-order valence-corrected chi connectivity index (χ4v) is 3.22. The summed E-state index contributed by atoms with van der Waals surface area (Å²) in [5.74, 6) is -0.121. The van der Waals surface area contributed by atoms with Crippen LogP contribution in [0.15, 0.2) is 54.6 Å². The van der Waals surface area contributed by atoms with Crippen molar-refractivity contribution in [2.24, 2.45) is 0 Å². The summed E-state index contributed by atoms with van der Waals surface area (Å²) in [5.41, 5.74) is 1.99. The minimum absolute atomic E-state index is 0.117. The lowest BCUT2D eigenvalue weighted by molar-refractivity contribution is 0.0939. The molecule has 1 N–H and O–H groups in total. The Hall–Kier alpha value is -2.34. The minimum Gasteiger partial charge on any atom is -0.350 e. The zero-order valence-corrected chi connectivity index (χ0v) is 15.6. The van der Waals surface area contributed by atoms with E-state index < -0.39 is 10.0 Å². The highest BCUT2D eigenvalue weighted by Crippen LogP contribution is 2.20. The highest BCUT2D eigenvalue weighted by Gasteiger charge is 2.18. The highest BCUT2D eigenvalue weighted by molar-refractivity contribution is 7.92. The van der Waals surface area contributed by atoms with Crippen molar-refractivity contribution in [3.63, 3.8) is 0 Å². The molecule has 0 aliphatic carbocycles. The lowest BCUT2D eigenvalue weighted by Crippen LogP contribution is -2.32. The molecule has 0 fully saturated rings. The second kappa shape index (κ2) is 8.16. The molecule has 0 aliphatic rings. The van der Waals surface area contributed by atoms with Crippen molar-refractivity contribution < 1.29 is 13.2 Å². The fraction of sp³-hybridized carbons (Fsp3) is 0.316. The number of nitrogens with zero attached hydrogens (tertiary/aromatic N) is 1. The number of para-hydroxylation sites is 1. The van der Waals surface area contributed by atoms with Gasteiger partial charge >= 0.3 is 0 Å². The van der Waals surface area contributed by atoms with Crippen molar-refractivity contribution in [3.8, 4) is 0 Å². The molecule has 0 saturated carbocycles. The number of amides is 1. The summed E-state index contributed by atoms with van der Waals surface area (Å²) in [6.45, 7) is 4.18. The molecule has 0 heterocycles. The lowest BCUT2D eigenvalue weighted by atomic mass is 10.1. The van der Waals surface area contributed by atoms with Crippen LogP contribution < -0.4 is 9.62 Å².